The summed E-state index contributed by atoms with van der Waals surface area (Å²) in [6, 6.07) is 6.72. The van der Waals surface area contributed by atoms with Crippen molar-refractivity contribution in [3.8, 4) is 5.75 Å². The van der Waals surface area contributed by atoms with Gasteiger partial charge < -0.3 is 15.7 Å². The molecule has 2 aromatic carbocycles. The topological polar surface area (TPSA) is 81.7 Å². The number of piperidine rings is 1. The molecule has 0 radical (unpaired) electrons. The highest BCUT2D eigenvalue weighted by atomic mass is 19.1. The van der Waals surface area contributed by atoms with Crippen molar-refractivity contribution < 1.29 is 23.5 Å². The molecule has 0 aromatic heterocycles. The number of amides is 2. The van der Waals surface area contributed by atoms with E-state index in [1.807, 2.05) is 0 Å². The molecule has 1 aliphatic rings. The van der Waals surface area contributed by atoms with Gasteiger partial charge in [0.05, 0.1) is 5.56 Å². The van der Waals surface area contributed by atoms with Gasteiger partial charge in [0.1, 0.15) is 17.4 Å². The summed E-state index contributed by atoms with van der Waals surface area (Å²) in [7, 11) is 0. The van der Waals surface area contributed by atoms with Gasteiger partial charge in [0.15, 0.2) is 0 Å². The smallest absolute Gasteiger partial charge is 0.255 e. The highest BCUT2D eigenvalue weighted by Crippen LogP contribution is 2.23. The number of carbonyl (C=O) groups is 2. The lowest BCUT2D eigenvalue weighted by atomic mass is 9.99. The molecule has 3 rings (SSSR count). The lowest BCUT2D eigenvalue weighted by molar-refractivity contribution is 0.0914. The van der Waals surface area contributed by atoms with Crippen LogP contribution in [0.15, 0.2) is 36.4 Å². The van der Waals surface area contributed by atoms with Crippen molar-refractivity contribution in [2.45, 2.75) is 32.7 Å². The Hall–Kier alpha value is -3.00. The van der Waals surface area contributed by atoms with Crippen LogP contribution in [0.4, 0.5) is 14.5 Å². The molecule has 0 saturated carbocycles. The average molecular weight is 431 g/mol. The van der Waals surface area contributed by atoms with Crippen LogP contribution >= 0.6 is 0 Å². The summed E-state index contributed by atoms with van der Waals surface area (Å²) >= 11 is 0. The third-order valence-electron chi connectivity index (χ3n) is 5.49. The predicted octanol–water partition coefficient (Wildman–Crippen LogP) is 3.77. The van der Waals surface area contributed by atoms with Crippen LogP contribution in [0.2, 0.25) is 0 Å². The third kappa shape index (κ3) is 6.01. The zero-order valence-electron chi connectivity index (χ0n) is 17.6. The number of nitrogens with one attached hydrogen (secondary N) is 2. The number of halogens is 2. The maximum atomic E-state index is 13.3. The van der Waals surface area contributed by atoms with E-state index >= 15 is 0 Å². The summed E-state index contributed by atoms with van der Waals surface area (Å²) in [6.45, 7) is 6.75. The molecule has 2 atom stereocenters. The number of hydrogen-bond acceptors (Lipinski definition) is 4. The van der Waals surface area contributed by atoms with Crippen LogP contribution in [0.25, 0.3) is 0 Å². The largest absolute Gasteiger partial charge is 0.507 e. The van der Waals surface area contributed by atoms with E-state index in [1.54, 1.807) is 0 Å². The van der Waals surface area contributed by atoms with Crippen molar-refractivity contribution in [3.63, 3.8) is 0 Å². The molecule has 1 saturated heterocycles. The van der Waals surface area contributed by atoms with E-state index in [0.717, 1.165) is 31.6 Å². The van der Waals surface area contributed by atoms with Gasteiger partial charge >= 0.3 is 0 Å². The first-order valence-corrected chi connectivity index (χ1v) is 10.4. The van der Waals surface area contributed by atoms with Gasteiger partial charge in [0.25, 0.3) is 11.8 Å². The molecule has 1 heterocycles. The molecule has 1 fully saturated rings. The van der Waals surface area contributed by atoms with Gasteiger partial charge in [0.2, 0.25) is 0 Å². The van der Waals surface area contributed by atoms with Crippen LogP contribution in [0, 0.1) is 17.6 Å². The van der Waals surface area contributed by atoms with E-state index in [1.165, 1.54) is 24.6 Å². The first-order chi connectivity index (χ1) is 14.7. The van der Waals surface area contributed by atoms with Crippen LogP contribution in [0.5, 0.6) is 5.75 Å². The van der Waals surface area contributed by atoms with E-state index < -0.39 is 23.4 Å². The number of rotatable bonds is 6. The third-order valence-corrected chi connectivity index (χ3v) is 5.49. The normalized spacial score (nSPS) is 17.7. The molecular weight excluding hydrogens is 404 g/mol. The zero-order valence-corrected chi connectivity index (χ0v) is 17.6. The molecule has 6 nitrogen and oxygen atoms in total. The Kier molecular flexibility index (Phi) is 7.22. The van der Waals surface area contributed by atoms with Gasteiger partial charge in [-0.05, 0) is 56.5 Å². The monoisotopic (exact) mass is 431 g/mol. The second kappa shape index (κ2) is 9.87. The summed E-state index contributed by atoms with van der Waals surface area (Å²) in [6.07, 6.45) is 2.37. The standard InChI is InChI=1S/C23H27F2N3O3/c1-14-4-3-7-28(13-14)15(2)12-26-23(31)20-6-5-19(11-21(20)29)27-22(30)16-8-17(24)10-18(25)9-16/h5-6,8-11,14-15,29H,3-4,7,12-13H2,1-2H3,(H,26,31)(H,27,30). The van der Waals surface area contributed by atoms with Gasteiger partial charge in [-0.2, -0.15) is 0 Å². The Morgan fingerprint density at radius 3 is 2.52 bits per heavy atom. The SMILES string of the molecule is CC1CCCN(C(C)CNC(=O)c2ccc(NC(=O)c3cc(F)cc(F)c3)cc2O)C1. The van der Waals surface area contributed by atoms with Crippen molar-refractivity contribution in [1.29, 1.82) is 0 Å². The summed E-state index contributed by atoms with van der Waals surface area (Å²) in [5, 5.41) is 15.5. The minimum Gasteiger partial charge on any atom is -0.507 e. The zero-order chi connectivity index (χ0) is 22.5. The molecule has 0 bridgehead atoms. The van der Waals surface area contributed by atoms with E-state index in [9.17, 15) is 23.5 Å². The minimum absolute atomic E-state index is 0.0778. The molecule has 31 heavy (non-hydrogen) atoms. The Labute approximate surface area is 180 Å². The quantitative estimate of drug-likeness (QED) is 0.650. The van der Waals surface area contributed by atoms with Crippen LogP contribution in [0.1, 0.15) is 47.4 Å². The first-order valence-electron chi connectivity index (χ1n) is 10.4. The van der Waals surface area contributed by atoms with Crippen LogP contribution < -0.4 is 10.6 Å². The Bertz CT molecular complexity index is 947. The number of likely N-dealkylation sites (tertiary alicyclic amines) is 1. The molecule has 2 amide bonds. The molecule has 1 aliphatic heterocycles. The summed E-state index contributed by atoms with van der Waals surface area (Å²) in [4.78, 5) is 27.0. The van der Waals surface area contributed by atoms with Crippen molar-refractivity contribution in [2.24, 2.45) is 5.92 Å². The second-order valence-electron chi connectivity index (χ2n) is 8.15. The second-order valence-corrected chi connectivity index (χ2v) is 8.15. The molecule has 2 unspecified atom stereocenters. The number of anilines is 1. The van der Waals surface area contributed by atoms with E-state index in [0.29, 0.717) is 18.5 Å². The molecule has 3 N–H and O–H groups in total. The number of phenols is 1. The Morgan fingerprint density at radius 1 is 1.16 bits per heavy atom. The van der Waals surface area contributed by atoms with Crippen molar-refractivity contribution >= 4 is 17.5 Å². The molecular formula is C23H27F2N3O3. The molecule has 166 valence electrons. The van der Waals surface area contributed by atoms with E-state index in [-0.39, 0.29) is 28.6 Å². The number of carbonyl (C=O) groups excluding carboxylic acids is 2. The first kappa shape index (κ1) is 22.7. The fraction of sp³-hybridized carbons (Fsp3) is 0.391. The highest BCUT2D eigenvalue weighted by molar-refractivity contribution is 6.05. The summed E-state index contributed by atoms with van der Waals surface area (Å²) in [5.41, 5.74) is 0.0771. The van der Waals surface area contributed by atoms with Crippen molar-refractivity contribution in [1.82, 2.24) is 10.2 Å². The van der Waals surface area contributed by atoms with Gasteiger partial charge in [-0.3, -0.25) is 14.5 Å². The van der Waals surface area contributed by atoms with E-state index in [2.05, 4.69) is 29.4 Å². The average Bonchev–Trinajstić information content (AvgIpc) is 2.71. The maximum Gasteiger partial charge on any atom is 0.255 e. The summed E-state index contributed by atoms with van der Waals surface area (Å²) < 4.78 is 26.6. The minimum atomic E-state index is -0.867. The van der Waals surface area contributed by atoms with Gasteiger partial charge in [-0.1, -0.05) is 6.92 Å². The van der Waals surface area contributed by atoms with E-state index in [4.69, 9.17) is 0 Å². The lowest BCUT2D eigenvalue weighted by Gasteiger charge is -2.35. The number of hydrogen-bond donors (Lipinski definition) is 3. The highest BCUT2D eigenvalue weighted by Gasteiger charge is 2.22. The van der Waals surface area contributed by atoms with Gasteiger partial charge in [0, 0.05) is 42.5 Å². The van der Waals surface area contributed by atoms with Gasteiger partial charge in [-0.25, -0.2) is 8.78 Å². The molecule has 0 spiro atoms. The fourth-order valence-corrected chi connectivity index (χ4v) is 3.78. The Morgan fingerprint density at radius 2 is 1.87 bits per heavy atom. The number of phenolic OH excluding ortho intramolecular Hbond substituents is 1. The lowest BCUT2D eigenvalue weighted by Crippen LogP contribution is -2.46. The molecule has 8 heteroatoms. The predicted molar refractivity (Wildman–Crippen MR) is 114 cm³/mol. The number of benzene rings is 2. The molecule has 0 aliphatic carbocycles. The fourth-order valence-electron chi connectivity index (χ4n) is 3.78. The number of aromatic hydroxyl groups is 1. The summed E-state index contributed by atoms with van der Waals surface area (Å²) in [5.74, 6) is -2.55. The number of nitrogens with zero attached hydrogens (tertiary/aromatic N) is 1. The molecule has 2 aromatic rings. The van der Waals surface area contributed by atoms with Crippen LogP contribution in [-0.2, 0) is 0 Å². The van der Waals surface area contributed by atoms with Crippen LogP contribution in [0.3, 0.4) is 0 Å². The Balaban J connectivity index is 1.59. The van der Waals surface area contributed by atoms with Gasteiger partial charge in [-0.15, -0.1) is 0 Å². The van der Waals surface area contributed by atoms with Crippen molar-refractivity contribution in [2.75, 3.05) is 25.0 Å². The maximum absolute atomic E-state index is 13.3. The van der Waals surface area contributed by atoms with Crippen molar-refractivity contribution in [3.05, 3.63) is 59.2 Å². The van der Waals surface area contributed by atoms with Crippen LogP contribution in [-0.4, -0.2) is 47.5 Å².